The number of nitrogens with zero attached hydrogens (tertiary/aromatic N) is 1. The minimum Gasteiger partial charge on any atom is -0.381 e. The monoisotopic (exact) mass is 263 g/mol. The Balaban J connectivity index is 1.94. The topological polar surface area (TPSA) is 63.2 Å². The molecule has 2 unspecified atom stereocenters. The molecule has 104 valence electrons. The Labute approximate surface area is 113 Å². The largest absolute Gasteiger partial charge is 0.381 e. The number of amides is 1. The lowest BCUT2D eigenvalue weighted by Gasteiger charge is -2.13. The third kappa shape index (κ3) is 3.67. The Kier molecular flexibility index (Phi) is 4.74. The van der Waals surface area contributed by atoms with Crippen LogP contribution >= 0.6 is 0 Å². The van der Waals surface area contributed by atoms with Crippen LogP contribution in [0.4, 0.5) is 5.82 Å². The van der Waals surface area contributed by atoms with Crippen LogP contribution in [0, 0.1) is 0 Å². The van der Waals surface area contributed by atoms with Gasteiger partial charge in [0.2, 0.25) is 0 Å². The van der Waals surface area contributed by atoms with Crippen molar-refractivity contribution < 1.29 is 9.53 Å². The van der Waals surface area contributed by atoms with E-state index in [1.807, 2.05) is 6.92 Å². The molecule has 0 saturated heterocycles. The molecule has 1 saturated carbocycles. The highest BCUT2D eigenvalue weighted by molar-refractivity contribution is 5.95. The van der Waals surface area contributed by atoms with Crippen LogP contribution in [-0.4, -0.2) is 36.7 Å². The average molecular weight is 263 g/mol. The lowest BCUT2D eigenvalue weighted by Crippen LogP contribution is -2.33. The quantitative estimate of drug-likeness (QED) is 0.850. The minimum atomic E-state index is -0.0386. The number of anilines is 1. The average Bonchev–Trinajstić information content (AvgIpc) is 2.87. The molecule has 0 spiro atoms. The van der Waals surface area contributed by atoms with Gasteiger partial charge in [-0.15, -0.1) is 0 Å². The first-order valence-electron chi connectivity index (χ1n) is 6.76. The third-order valence-corrected chi connectivity index (χ3v) is 3.43. The zero-order valence-electron chi connectivity index (χ0n) is 11.5. The highest BCUT2D eigenvalue weighted by atomic mass is 16.5. The molecule has 1 aliphatic carbocycles. The number of ether oxygens (including phenoxy) is 1. The van der Waals surface area contributed by atoms with Crippen molar-refractivity contribution in [1.82, 2.24) is 10.3 Å². The Hall–Kier alpha value is -1.62. The lowest BCUT2D eigenvalue weighted by atomic mass is 10.2. The van der Waals surface area contributed by atoms with Crippen molar-refractivity contribution in [2.45, 2.75) is 38.3 Å². The van der Waals surface area contributed by atoms with Crippen LogP contribution in [0.25, 0.3) is 0 Å². The first-order valence-corrected chi connectivity index (χ1v) is 6.76. The van der Waals surface area contributed by atoms with E-state index in [9.17, 15) is 4.79 Å². The van der Waals surface area contributed by atoms with Crippen LogP contribution in [0.15, 0.2) is 18.3 Å². The SMILES string of the molecule is CCNc1cc(C(=O)NC2CCC(OC)C2)ccn1. The third-order valence-electron chi connectivity index (χ3n) is 3.43. The molecule has 19 heavy (non-hydrogen) atoms. The molecule has 1 heterocycles. The second-order valence-corrected chi connectivity index (χ2v) is 4.80. The zero-order chi connectivity index (χ0) is 13.7. The summed E-state index contributed by atoms with van der Waals surface area (Å²) in [5.41, 5.74) is 0.645. The predicted octanol–water partition coefficient (Wildman–Crippen LogP) is 1.81. The van der Waals surface area contributed by atoms with Crippen LogP contribution in [0.3, 0.4) is 0 Å². The second-order valence-electron chi connectivity index (χ2n) is 4.80. The van der Waals surface area contributed by atoms with Crippen LogP contribution < -0.4 is 10.6 Å². The minimum absolute atomic E-state index is 0.0386. The van der Waals surface area contributed by atoms with E-state index in [2.05, 4.69) is 15.6 Å². The number of hydrogen-bond donors (Lipinski definition) is 2. The van der Waals surface area contributed by atoms with Crippen LogP contribution in [0.2, 0.25) is 0 Å². The Morgan fingerprint density at radius 3 is 3.05 bits per heavy atom. The van der Waals surface area contributed by atoms with E-state index in [0.29, 0.717) is 5.56 Å². The van der Waals surface area contributed by atoms with E-state index in [1.165, 1.54) is 0 Å². The van der Waals surface area contributed by atoms with Gasteiger partial charge in [0.1, 0.15) is 5.82 Å². The van der Waals surface area contributed by atoms with E-state index in [0.717, 1.165) is 31.6 Å². The molecular weight excluding hydrogens is 242 g/mol. The van der Waals surface area contributed by atoms with Gasteiger partial charge in [0.05, 0.1) is 6.10 Å². The summed E-state index contributed by atoms with van der Waals surface area (Å²) in [6.07, 6.45) is 4.82. The van der Waals surface area contributed by atoms with E-state index in [1.54, 1.807) is 25.4 Å². The normalized spacial score (nSPS) is 22.2. The molecule has 2 atom stereocenters. The van der Waals surface area contributed by atoms with E-state index in [-0.39, 0.29) is 18.1 Å². The van der Waals surface area contributed by atoms with Crippen LogP contribution in [0.1, 0.15) is 36.5 Å². The fourth-order valence-corrected chi connectivity index (χ4v) is 2.40. The van der Waals surface area contributed by atoms with Crippen molar-refractivity contribution in [2.24, 2.45) is 0 Å². The highest BCUT2D eigenvalue weighted by Gasteiger charge is 2.25. The molecule has 0 aromatic carbocycles. The van der Waals surface area contributed by atoms with Gasteiger partial charge in [-0.25, -0.2) is 4.98 Å². The van der Waals surface area contributed by atoms with E-state index < -0.39 is 0 Å². The zero-order valence-corrected chi connectivity index (χ0v) is 11.5. The Bertz CT molecular complexity index is 436. The van der Waals surface area contributed by atoms with E-state index >= 15 is 0 Å². The van der Waals surface area contributed by atoms with Crippen molar-refractivity contribution in [2.75, 3.05) is 19.0 Å². The Morgan fingerprint density at radius 2 is 2.37 bits per heavy atom. The first-order chi connectivity index (χ1) is 9.22. The van der Waals surface area contributed by atoms with Crippen molar-refractivity contribution >= 4 is 11.7 Å². The van der Waals surface area contributed by atoms with Crippen molar-refractivity contribution in [1.29, 1.82) is 0 Å². The summed E-state index contributed by atoms with van der Waals surface area (Å²) < 4.78 is 5.31. The molecule has 1 amide bonds. The molecule has 1 aromatic rings. The fraction of sp³-hybridized carbons (Fsp3) is 0.571. The van der Waals surface area contributed by atoms with Gasteiger partial charge in [-0.1, -0.05) is 0 Å². The number of nitrogens with one attached hydrogen (secondary N) is 2. The summed E-state index contributed by atoms with van der Waals surface area (Å²) in [5, 5.41) is 6.16. The van der Waals surface area contributed by atoms with Crippen LogP contribution in [-0.2, 0) is 4.74 Å². The molecule has 1 aromatic heterocycles. The number of pyridine rings is 1. The van der Waals surface area contributed by atoms with Crippen molar-refractivity contribution in [3.63, 3.8) is 0 Å². The molecule has 1 fully saturated rings. The summed E-state index contributed by atoms with van der Waals surface area (Å²) >= 11 is 0. The highest BCUT2D eigenvalue weighted by Crippen LogP contribution is 2.21. The lowest BCUT2D eigenvalue weighted by molar-refractivity contribution is 0.0915. The molecule has 2 N–H and O–H groups in total. The van der Waals surface area contributed by atoms with Gasteiger partial charge in [-0.2, -0.15) is 0 Å². The maximum atomic E-state index is 12.1. The molecule has 5 heteroatoms. The fourth-order valence-electron chi connectivity index (χ4n) is 2.40. The summed E-state index contributed by atoms with van der Waals surface area (Å²) in [6.45, 7) is 2.79. The van der Waals surface area contributed by atoms with Gasteiger partial charge in [0, 0.05) is 31.5 Å². The number of rotatable bonds is 5. The van der Waals surface area contributed by atoms with Crippen LogP contribution in [0.5, 0.6) is 0 Å². The molecule has 1 aliphatic rings. The van der Waals surface area contributed by atoms with Gasteiger partial charge in [0.25, 0.3) is 5.91 Å². The second kappa shape index (κ2) is 6.52. The number of aromatic nitrogens is 1. The molecular formula is C14H21N3O2. The standard InChI is InChI=1S/C14H21N3O2/c1-3-15-13-8-10(6-7-16-13)14(18)17-11-4-5-12(9-11)19-2/h6-8,11-12H,3-5,9H2,1-2H3,(H,15,16)(H,17,18). The summed E-state index contributed by atoms with van der Waals surface area (Å²) in [7, 11) is 1.72. The molecule has 2 rings (SSSR count). The van der Waals surface area contributed by atoms with Gasteiger partial charge in [-0.3, -0.25) is 4.79 Å². The molecule has 5 nitrogen and oxygen atoms in total. The van der Waals surface area contributed by atoms with Gasteiger partial charge < -0.3 is 15.4 Å². The van der Waals surface area contributed by atoms with E-state index in [4.69, 9.17) is 4.74 Å². The maximum Gasteiger partial charge on any atom is 0.251 e. The summed E-state index contributed by atoms with van der Waals surface area (Å²) in [5.74, 6) is 0.694. The smallest absolute Gasteiger partial charge is 0.251 e. The molecule has 0 aliphatic heterocycles. The Morgan fingerprint density at radius 1 is 1.53 bits per heavy atom. The van der Waals surface area contributed by atoms with Gasteiger partial charge >= 0.3 is 0 Å². The number of methoxy groups -OCH3 is 1. The summed E-state index contributed by atoms with van der Waals surface area (Å²) in [4.78, 5) is 16.3. The molecule has 0 radical (unpaired) electrons. The van der Waals surface area contributed by atoms with Gasteiger partial charge in [0.15, 0.2) is 0 Å². The summed E-state index contributed by atoms with van der Waals surface area (Å²) in [6, 6.07) is 3.73. The number of carbonyl (C=O) groups is 1. The first kappa shape index (κ1) is 13.8. The predicted molar refractivity (Wildman–Crippen MR) is 74.3 cm³/mol. The maximum absolute atomic E-state index is 12.1. The number of hydrogen-bond acceptors (Lipinski definition) is 4. The van der Waals surface area contributed by atoms with Crippen molar-refractivity contribution in [3.05, 3.63) is 23.9 Å². The van der Waals surface area contributed by atoms with Crippen molar-refractivity contribution in [3.8, 4) is 0 Å². The van der Waals surface area contributed by atoms with Gasteiger partial charge in [-0.05, 0) is 38.3 Å². The molecule has 0 bridgehead atoms. The number of carbonyl (C=O) groups excluding carboxylic acids is 1.